The summed E-state index contributed by atoms with van der Waals surface area (Å²) >= 11 is 0. The van der Waals surface area contributed by atoms with E-state index in [1.54, 1.807) is 0 Å². The predicted molar refractivity (Wildman–Crippen MR) is 51.9 cm³/mol. The van der Waals surface area contributed by atoms with Gasteiger partial charge in [-0.3, -0.25) is 5.10 Å². The minimum Gasteiger partial charge on any atom is -0.377 e. The van der Waals surface area contributed by atoms with Gasteiger partial charge in [-0.25, -0.2) is 4.98 Å². The van der Waals surface area contributed by atoms with Gasteiger partial charge in [-0.1, -0.05) is 0 Å². The second kappa shape index (κ2) is 5.07. The third-order valence-electron chi connectivity index (χ3n) is 2.40. The zero-order chi connectivity index (χ0) is 9.64. The number of rotatable bonds is 5. The van der Waals surface area contributed by atoms with Crippen molar-refractivity contribution in [2.45, 2.75) is 25.4 Å². The molecule has 1 saturated heterocycles. The van der Waals surface area contributed by atoms with E-state index >= 15 is 0 Å². The fourth-order valence-electron chi connectivity index (χ4n) is 1.63. The summed E-state index contributed by atoms with van der Waals surface area (Å²) in [5, 5.41) is 9.98. The molecule has 5 nitrogen and oxygen atoms in total. The monoisotopic (exact) mass is 196 g/mol. The number of hydrogen-bond donors (Lipinski definition) is 2. The second-order valence-corrected chi connectivity index (χ2v) is 3.52. The van der Waals surface area contributed by atoms with Gasteiger partial charge in [-0.15, -0.1) is 0 Å². The molecule has 2 N–H and O–H groups in total. The lowest BCUT2D eigenvalue weighted by Crippen LogP contribution is -2.28. The molecule has 1 aromatic rings. The van der Waals surface area contributed by atoms with E-state index in [1.165, 1.54) is 19.2 Å². The van der Waals surface area contributed by atoms with Gasteiger partial charge in [0, 0.05) is 26.1 Å². The van der Waals surface area contributed by atoms with Crippen molar-refractivity contribution in [3.05, 3.63) is 12.2 Å². The molecule has 1 atom stereocenters. The molecular weight excluding hydrogens is 180 g/mol. The zero-order valence-corrected chi connectivity index (χ0v) is 8.20. The van der Waals surface area contributed by atoms with Gasteiger partial charge >= 0.3 is 0 Å². The molecule has 0 saturated carbocycles. The van der Waals surface area contributed by atoms with E-state index in [0.717, 1.165) is 31.9 Å². The third-order valence-corrected chi connectivity index (χ3v) is 2.40. The van der Waals surface area contributed by atoms with E-state index < -0.39 is 0 Å². The zero-order valence-electron chi connectivity index (χ0n) is 8.20. The van der Waals surface area contributed by atoms with Crippen molar-refractivity contribution in [3.63, 3.8) is 0 Å². The fourth-order valence-corrected chi connectivity index (χ4v) is 1.63. The summed E-state index contributed by atoms with van der Waals surface area (Å²) in [6.45, 7) is 2.80. The Kier molecular flexibility index (Phi) is 3.48. The van der Waals surface area contributed by atoms with Crippen molar-refractivity contribution in [1.29, 1.82) is 0 Å². The van der Waals surface area contributed by atoms with Gasteiger partial charge in [-0.05, 0) is 12.8 Å². The van der Waals surface area contributed by atoms with Gasteiger partial charge in [0.1, 0.15) is 12.2 Å². The van der Waals surface area contributed by atoms with Gasteiger partial charge in [-0.2, -0.15) is 5.10 Å². The Morgan fingerprint density at radius 2 is 2.64 bits per heavy atom. The Morgan fingerprint density at radius 3 is 3.36 bits per heavy atom. The van der Waals surface area contributed by atoms with E-state index in [0.29, 0.717) is 6.10 Å². The van der Waals surface area contributed by atoms with Gasteiger partial charge in [0.15, 0.2) is 0 Å². The van der Waals surface area contributed by atoms with E-state index in [2.05, 4.69) is 20.5 Å². The highest BCUT2D eigenvalue weighted by Gasteiger charge is 2.14. The first kappa shape index (κ1) is 9.61. The first-order chi connectivity index (χ1) is 6.95. The van der Waals surface area contributed by atoms with Crippen LogP contribution in [0.2, 0.25) is 0 Å². The maximum absolute atomic E-state index is 5.49. The quantitative estimate of drug-likeness (QED) is 0.656. The Bertz CT molecular complexity index is 243. The largest absolute Gasteiger partial charge is 0.377 e. The van der Waals surface area contributed by atoms with Crippen LogP contribution in [0.25, 0.3) is 0 Å². The van der Waals surface area contributed by atoms with Crippen molar-refractivity contribution in [2.75, 3.05) is 19.7 Å². The molecular formula is C9H16N4O. The van der Waals surface area contributed by atoms with Crippen LogP contribution in [0.5, 0.6) is 0 Å². The van der Waals surface area contributed by atoms with Crippen LogP contribution < -0.4 is 5.32 Å². The number of nitrogens with zero attached hydrogens (tertiary/aromatic N) is 2. The lowest BCUT2D eigenvalue weighted by molar-refractivity contribution is 0.110. The molecule has 1 aliphatic heterocycles. The highest BCUT2D eigenvalue weighted by molar-refractivity contribution is 4.80. The molecule has 0 bridgehead atoms. The molecule has 2 rings (SSSR count). The van der Waals surface area contributed by atoms with Gasteiger partial charge in [0.2, 0.25) is 0 Å². The first-order valence-corrected chi connectivity index (χ1v) is 5.12. The minimum absolute atomic E-state index is 0.421. The average molecular weight is 196 g/mol. The fraction of sp³-hybridized carbons (Fsp3) is 0.778. The van der Waals surface area contributed by atoms with Crippen molar-refractivity contribution >= 4 is 0 Å². The Hall–Kier alpha value is -0.940. The lowest BCUT2D eigenvalue weighted by Gasteiger charge is -2.09. The van der Waals surface area contributed by atoms with Crippen LogP contribution in [0.3, 0.4) is 0 Å². The van der Waals surface area contributed by atoms with Crippen LogP contribution in [0.1, 0.15) is 18.7 Å². The van der Waals surface area contributed by atoms with Crippen LogP contribution >= 0.6 is 0 Å². The van der Waals surface area contributed by atoms with Gasteiger partial charge in [0.25, 0.3) is 0 Å². The SMILES string of the molecule is c1n[nH]c(CCNCC2CCCO2)n1. The molecule has 5 heteroatoms. The minimum atomic E-state index is 0.421. The topological polar surface area (TPSA) is 62.8 Å². The summed E-state index contributed by atoms with van der Waals surface area (Å²) in [5.74, 6) is 0.935. The van der Waals surface area contributed by atoms with Crippen LogP contribution in [-0.4, -0.2) is 41.0 Å². The van der Waals surface area contributed by atoms with E-state index in [9.17, 15) is 0 Å². The number of aromatic amines is 1. The molecule has 1 fully saturated rings. The average Bonchev–Trinajstić information content (AvgIpc) is 2.86. The molecule has 0 amide bonds. The second-order valence-electron chi connectivity index (χ2n) is 3.52. The number of nitrogens with one attached hydrogen (secondary N) is 2. The molecule has 78 valence electrons. The van der Waals surface area contributed by atoms with Crippen LogP contribution in [-0.2, 0) is 11.2 Å². The number of hydrogen-bond acceptors (Lipinski definition) is 4. The lowest BCUT2D eigenvalue weighted by atomic mass is 10.2. The smallest absolute Gasteiger partial charge is 0.137 e. The number of H-pyrrole nitrogens is 1. The molecule has 1 aromatic heterocycles. The van der Waals surface area contributed by atoms with E-state index in [1.807, 2.05) is 0 Å². The third kappa shape index (κ3) is 2.78. The predicted octanol–water partition coefficient (Wildman–Crippen LogP) is 0.116. The molecule has 1 aliphatic rings. The standard InChI is InChI=1S/C9H16N4O/c1-2-8(14-5-1)6-10-4-3-9-11-7-12-13-9/h7-8,10H,1-6H2,(H,11,12,13). The van der Waals surface area contributed by atoms with Crippen molar-refractivity contribution in [3.8, 4) is 0 Å². The Morgan fingerprint density at radius 1 is 1.64 bits per heavy atom. The van der Waals surface area contributed by atoms with Crippen LogP contribution in [0, 0.1) is 0 Å². The van der Waals surface area contributed by atoms with Crippen LogP contribution in [0.4, 0.5) is 0 Å². The maximum atomic E-state index is 5.49. The molecule has 14 heavy (non-hydrogen) atoms. The molecule has 2 heterocycles. The summed E-state index contributed by atoms with van der Waals surface area (Å²) < 4.78 is 5.49. The van der Waals surface area contributed by atoms with Crippen molar-refractivity contribution < 1.29 is 4.74 Å². The molecule has 0 radical (unpaired) electrons. The molecule has 1 unspecified atom stereocenters. The summed E-state index contributed by atoms with van der Waals surface area (Å²) in [6.07, 6.45) is 5.25. The maximum Gasteiger partial charge on any atom is 0.137 e. The summed E-state index contributed by atoms with van der Waals surface area (Å²) in [6, 6.07) is 0. The first-order valence-electron chi connectivity index (χ1n) is 5.12. The molecule has 0 aromatic carbocycles. The van der Waals surface area contributed by atoms with E-state index in [4.69, 9.17) is 4.74 Å². The summed E-state index contributed by atoms with van der Waals surface area (Å²) in [7, 11) is 0. The number of aromatic nitrogens is 3. The Labute approximate surface area is 83.3 Å². The molecule has 0 spiro atoms. The van der Waals surface area contributed by atoms with Crippen LogP contribution in [0.15, 0.2) is 6.33 Å². The van der Waals surface area contributed by atoms with Crippen molar-refractivity contribution in [1.82, 2.24) is 20.5 Å². The Balaban J connectivity index is 1.55. The number of ether oxygens (including phenoxy) is 1. The highest BCUT2D eigenvalue weighted by Crippen LogP contribution is 2.10. The van der Waals surface area contributed by atoms with Gasteiger partial charge < -0.3 is 10.1 Å². The molecule has 0 aliphatic carbocycles. The van der Waals surface area contributed by atoms with Gasteiger partial charge in [0.05, 0.1) is 6.10 Å². The summed E-state index contributed by atoms with van der Waals surface area (Å²) in [4.78, 5) is 4.05. The normalized spacial score (nSPS) is 21.6. The summed E-state index contributed by atoms with van der Waals surface area (Å²) in [5.41, 5.74) is 0. The van der Waals surface area contributed by atoms with Crippen molar-refractivity contribution in [2.24, 2.45) is 0 Å². The van der Waals surface area contributed by atoms with E-state index in [-0.39, 0.29) is 0 Å². The highest BCUT2D eigenvalue weighted by atomic mass is 16.5.